The average Bonchev–Trinajstić information content (AvgIpc) is 2.08. The zero-order chi connectivity index (χ0) is 10.9. The highest BCUT2D eigenvalue weighted by molar-refractivity contribution is 4.55. The molecular weight excluding hydrogens is 191 g/mol. The summed E-state index contributed by atoms with van der Waals surface area (Å²) in [4.78, 5) is 0. The van der Waals surface area contributed by atoms with Gasteiger partial charge in [0.05, 0.1) is 6.54 Å². The SMILES string of the molecule is CCCCCCCCNCC(F)(F)F. The predicted molar refractivity (Wildman–Crippen MR) is 52.3 cm³/mol. The van der Waals surface area contributed by atoms with E-state index in [0.29, 0.717) is 6.54 Å². The molecule has 0 saturated carbocycles. The Labute approximate surface area is 84.1 Å². The van der Waals surface area contributed by atoms with Gasteiger partial charge in [-0.2, -0.15) is 13.2 Å². The van der Waals surface area contributed by atoms with E-state index in [4.69, 9.17) is 0 Å². The van der Waals surface area contributed by atoms with Crippen molar-refractivity contribution in [3.05, 3.63) is 0 Å². The van der Waals surface area contributed by atoms with Gasteiger partial charge in [-0.1, -0.05) is 39.0 Å². The Kier molecular flexibility index (Phi) is 7.95. The molecule has 0 heterocycles. The van der Waals surface area contributed by atoms with Gasteiger partial charge >= 0.3 is 6.18 Å². The molecule has 0 bridgehead atoms. The van der Waals surface area contributed by atoms with Gasteiger partial charge in [0.15, 0.2) is 0 Å². The highest BCUT2D eigenvalue weighted by Crippen LogP contribution is 2.12. The van der Waals surface area contributed by atoms with Crippen molar-refractivity contribution in [3.63, 3.8) is 0 Å². The lowest BCUT2D eigenvalue weighted by atomic mass is 10.1. The van der Waals surface area contributed by atoms with Crippen molar-refractivity contribution >= 4 is 0 Å². The standard InChI is InChI=1S/C10H20F3N/c1-2-3-4-5-6-7-8-14-9-10(11,12)13/h14H,2-9H2,1H3. The monoisotopic (exact) mass is 211 g/mol. The number of hydrogen-bond acceptors (Lipinski definition) is 1. The van der Waals surface area contributed by atoms with Gasteiger partial charge in [0.25, 0.3) is 0 Å². The molecule has 0 spiro atoms. The van der Waals surface area contributed by atoms with Gasteiger partial charge in [0.1, 0.15) is 0 Å². The lowest BCUT2D eigenvalue weighted by molar-refractivity contribution is -0.124. The van der Waals surface area contributed by atoms with Crippen molar-refractivity contribution in [2.45, 2.75) is 51.6 Å². The molecule has 0 aliphatic heterocycles. The zero-order valence-electron chi connectivity index (χ0n) is 8.79. The Morgan fingerprint density at radius 3 is 2.07 bits per heavy atom. The van der Waals surface area contributed by atoms with Crippen molar-refractivity contribution in [2.24, 2.45) is 0 Å². The second-order valence-electron chi connectivity index (χ2n) is 3.56. The molecule has 0 aromatic heterocycles. The minimum atomic E-state index is -4.07. The van der Waals surface area contributed by atoms with Crippen LogP contribution in [0.2, 0.25) is 0 Å². The van der Waals surface area contributed by atoms with Crippen LogP contribution >= 0.6 is 0 Å². The number of alkyl halides is 3. The Bertz CT molecular complexity index is 123. The van der Waals surface area contributed by atoms with Gasteiger partial charge in [0, 0.05) is 0 Å². The van der Waals surface area contributed by atoms with Crippen LogP contribution < -0.4 is 5.32 Å². The number of hydrogen-bond donors (Lipinski definition) is 1. The maximum absolute atomic E-state index is 11.7. The highest BCUT2D eigenvalue weighted by Gasteiger charge is 2.25. The fourth-order valence-corrected chi connectivity index (χ4v) is 1.26. The van der Waals surface area contributed by atoms with Crippen LogP contribution in [0.25, 0.3) is 0 Å². The highest BCUT2D eigenvalue weighted by atomic mass is 19.4. The maximum Gasteiger partial charge on any atom is 0.401 e. The molecule has 1 nitrogen and oxygen atoms in total. The van der Waals surface area contributed by atoms with Crippen LogP contribution in [-0.4, -0.2) is 19.3 Å². The normalized spacial score (nSPS) is 12.0. The summed E-state index contributed by atoms with van der Waals surface area (Å²) < 4.78 is 35.0. The molecule has 0 saturated heterocycles. The number of rotatable bonds is 8. The molecule has 4 heteroatoms. The summed E-state index contributed by atoms with van der Waals surface area (Å²) in [6, 6.07) is 0. The third-order valence-corrected chi connectivity index (χ3v) is 2.03. The third kappa shape index (κ3) is 11.8. The summed E-state index contributed by atoms with van der Waals surface area (Å²) >= 11 is 0. The lowest BCUT2D eigenvalue weighted by Crippen LogP contribution is -2.29. The quantitative estimate of drug-likeness (QED) is 0.606. The summed E-state index contributed by atoms with van der Waals surface area (Å²) in [7, 11) is 0. The van der Waals surface area contributed by atoms with Gasteiger partial charge in [-0.3, -0.25) is 0 Å². The maximum atomic E-state index is 11.7. The van der Waals surface area contributed by atoms with E-state index in [9.17, 15) is 13.2 Å². The fraction of sp³-hybridized carbons (Fsp3) is 1.00. The van der Waals surface area contributed by atoms with E-state index < -0.39 is 12.7 Å². The van der Waals surface area contributed by atoms with E-state index in [-0.39, 0.29) is 0 Å². The average molecular weight is 211 g/mol. The summed E-state index contributed by atoms with van der Waals surface area (Å²) in [5.41, 5.74) is 0. The van der Waals surface area contributed by atoms with E-state index in [2.05, 4.69) is 12.2 Å². The molecule has 1 N–H and O–H groups in total. The number of nitrogens with one attached hydrogen (secondary N) is 1. The Morgan fingerprint density at radius 2 is 1.50 bits per heavy atom. The molecule has 0 unspecified atom stereocenters. The first-order chi connectivity index (χ1) is 6.56. The largest absolute Gasteiger partial charge is 0.401 e. The molecular formula is C10H20F3N. The molecule has 86 valence electrons. The van der Waals surface area contributed by atoms with Crippen LogP contribution in [0.4, 0.5) is 13.2 Å². The number of unbranched alkanes of at least 4 members (excludes halogenated alkanes) is 5. The minimum absolute atomic E-state index is 0.478. The second-order valence-corrected chi connectivity index (χ2v) is 3.56. The van der Waals surface area contributed by atoms with Gasteiger partial charge < -0.3 is 5.32 Å². The third-order valence-electron chi connectivity index (χ3n) is 2.03. The first-order valence-corrected chi connectivity index (χ1v) is 5.33. The van der Waals surface area contributed by atoms with Crippen LogP contribution in [0.1, 0.15) is 45.4 Å². The van der Waals surface area contributed by atoms with Crippen molar-refractivity contribution in [1.82, 2.24) is 5.32 Å². The number of halogens is 3. The van der Waals surface area contributed by atoms with Gasteiger partial charge in [-0.15, -0.1) is 0 Å². The Balaban J connectivity index is 2.99. The van der Waals surface area contributed by atoms with E-state index in [1.165, 1.54) is 19.3 Å². The van der Waals surface area contributed by atoms with Crippen LogP contribution in [0.3, 0.4) is 0 Å². The predicted octanol–water partition coefficient (Wildman–Crippen LogP) is 3.50. The second kappa shape index (κ2) is 8.09. The minimum Gasteiger partial charge on any atom is -0.309 e. The van der Waals surface area contributed by atoms with Gasteiger partial charge in [0.2, 0.25) is 0 Å². The molecule has 0 aliphatic rings. The van der Waals surface area contributed by atoms with Gasteiger partial charge in [-0.25, -0.2) is 0 Å². The van der Waals surface area contributed by atoms with Gasteiger partial charge in [-0.05, 0) is 13.0 Å². The molecule has 0 fully saturated rings. The summed E-state index contributed by atoms with van der Waals surface area (Å²) in [5, 5.41) is 2.39. The Morgan fingerprint density at radius 1 is 0.929 bits per heavy atom. The van der Waals surface area contributed by atoms with Crippen LogP contribution in [0, 0.1) is 0 Å². The molecule has 0 aliphatic carbocycles. The van der Waals surface area contributed by atoms with E-state index >= 15 is 0 Å². The molecule has 14 heavy (non-hydrogen) atoms. The van der Waals surface area contributed by atoms with E-state index in [1.54, 1.807) is 0 Å². The van der Waals surface area contributed by atoms with Crippen LogP contribution in [0.15, 0.2) is 0 Å². The van der Waals surface area contributed by atoms with Crippen molar-refractivity contribution in [3.8, 4) is 0 Å². The van der Waals surface area contributed by atoms with Crippen molar-refractivity contribution in [1.29, 1.82) is 0 Å². The fourth-order valence-electron chi connectivity index (χ4n) is 1.26. The summed E-state index contributed by atoms with van der Waals surface area (Å²) in [6.45, 7) is 1.76. The summed E-state index contributed by atoms with van der Waals surface area (Å²) in [5.74, 6) is 0. The lowest BCUT2D eigenvalue weighted by Gasteiger charge is -2.07. The first kappa shape index (κ1) is 13.8. The molecule has 0 amide bonds. The Hall–Kier alpha value is -0.250. The van der Waals surface area contributed by atoms with Crippen molar-refractivity contribution in [2.75, 3.05) is 13.1 Å². The first-order valence-electron chi connectivity index (χ1n) is 5.33. The molecule has 0 rings (SSSR count). The van der Waals surface area contributed by atoms with E-state index in [0.717, 1.165) is 19.3 Å². The van der Waals surface area contributed by atoms with Crippen molar-refractivity contribution < 1.29 is 13.2 Å². The zero-order valence-corrected chi connectivity index (χ0v) is 8.79. The summed E-state index contributed by atoms with van der Waals surface area (Å²) in [6.07, 6.45) is 2.59. The molecule has 0 radical (unpaired) electrons. The molecule has 0 aromatic rings. The van der Waals surface area contributed by atoms with Crippen LogP contribution in [0.5, 0.6) is 0 Å². The smallest absolute Gasteiger partial charge is 0.309 e. The van der Waals surface area contributed by atoms with Crippen LogP contribution in [-0.2, 0) is 0 Å². The van der Waals surface area contributed by atoms with E-state index in [1.807, 2.05) is 0 Å². The molecule has 0 aromatic carbocycles. The molecule has 0 atom stereocenters. The topological polar surface area (TPSA) is 12.0 Å².